The van der Waals surface area contributed by atoms with Crippen molar-refractivity contribution in [1.29, 1.82) is 0 Å². The number of aryl methyl sites for hydroxylation is 1. The molecule has 4 rings (SSSR count). The lowest BCUT2D eigenvalue weighted by Gasteiger charge is -2.36. The molecule has 7 nitrogen and oxygen atoms in total. The van der Waals surface area contributed by atoms with Gasteiger partial charge in [-0.1, -0.05) is 6.07 Å². The van der Waals surface area contributed by atoms with E-state index in [0.29, 0.717) is 12.3 Å². The maximum Gasteiger partial charge on any atom is 0.225 e. The summed E-state index contributed by atoms with van der Waals surface area (Å²) in [5.41, 5.74) is 3.72. The number of nitrogens with zero attached hydrogens (tertiary/aromatic N) is 5. The van der Waals surface area contributed by atoms with E-state index in [-0.39, 0.29) is 0 Å². The number of aromatic nitrogens is 2. The Kier molecular flexibility index (Phi) is 5.60. The molecule has 1 aromatic carbocycles. The summed E-state index contributed by atoms with van der Waals surface area (Å²) in [6.07, 6.45) is 8.16. The molecule has 7 heteroatoms. The fraction of sp³-hybridized carbons (Fsp3) is 0.476. The van der Waals surface area contributed by atoms with Gasteiger partial charge in [0.1, 0.15) is 5.75 Å². The summed E-state index contributed by atoms with van der Waals surface area (Å²) in [5.74, 6) is 2.04. The number of hydrogen-bond acceptors (Lipinski definition) is 5. The highest BCUT2D eigenvalue weighted by Gasteiger charge is 2.22. The maximum absolute atomic E-state index is 10.4. The molecule has 2 aliphatic rings. The van der Waals surface area contributed by atoms with Crippen molar-refractivity contribution < 1.29 is 5.11 Å². The number of aromatic hydroxyl groups is 1. The molecule has 0 spiro atoms. The minimum Gasteiger partial charge on any atom is -0.508 e. The summed E-state index contributed by atoms with van der Waals surface area (Å²) < 4.78 is 0. The molecule has 0 saturated carbocycles. The van der Waals surface area contributed by atoms with E-state index in [1.54, 1.807) is 12.4 Å². The molecule has 2 heterocycles. The summed E-state index contributed by atoms with van der Waals surface area (Å²) >= 11 is 0. The van der Waals surface area contributed by atoms with Crippen molar-refractivity contribution >= 4 is 11.9 Å². The van der Waals surface area contributed by atoms with Crippen LogP contribution in [0.25, 0.3) is 0 Å². The highest BCUT2D eigenvalue weighted by Crippen LogP contribution is 2.30. The zero-order valence-corrected chi connectivity index (χ0v) is 16.4. The average Bonchev–Trinajstić information content (AvgIpc) is 2.76. The number of phenols is 1. The smallest absolute Gasteiger partial charge is 0.225 e. The molecule has 1 saturated heterocycles. The van der Waals surface area contributed by atoms with Crippen molar-refractivity contribution in [2.24, 2.45) is 4.99 Å². The van der Waals surface area contributed by atoms with Crippen LogP contribution in [-0.4, -0.2) is 59.2 Å². The largest absolute Gasteiger partial charge is 0.508 e. The fourth-order valence-electron chi connectivity index (χ4n) is 4.16. The van der Waals surface area contributed by atoms with Crippen LogP contribution in [0.2, 0.25) is 0 Å². The van der Waals surface area contributed by atoms with Crippen LogP contribution in [0, 0.1) is 0 Å². The van der Waals surface area contributed by atoms with Gasteiger partial charge in [0.2, 0.25) is 5.95 Å². The van der Waals surface area contributed by atoms with Crippen molar-refractivity contribution in [3.63, 3.8) is 0 Å². The van der Waals surface area contributed by atoms with Gasteiger partial charge in [-0.3, -0.25) is 4.99 Å². The van der Waals surface area contributed by atoms with E-state index in [4.69, 9.17) is 0 Å². The van der Waals surface area contributed by atoms with Crippen LogP contribution in [0.5, 0.6) is 5.75 Å². The molecule has 0 unspecified atom stereocenters. The standard InChI is InChI=1S/C21H28N6O/c1-22-20(26-11-13-27(14-12-26)21-23-9-4-10-24-21)25-15-18-17-6-3-2-5-16(17)7-8-19(18)28/h4,7-10,28H,2-3,5-6,11-15H2,1H3,(H,22,25). The zero-order valence-electron chi connectivity index (χ0n) is 16.4. The van der Waals surface area contributed by atoms with Gasteiger partial charge in [0.05, 0.1) is 0 Å². The number of benzene rings is 1. The Bertz CT molecular complexity index is 830. The lowest BCUT2D eigenvalue weighted by Crippen LogP contribution is -2.52. The molecule has 148 valence electrons. The number of fused-ring (bicyclic) bond motifs is 1. The third-order valence-corrected chi connectivity index (χ3v) is 5.68. The van der Waals surface area contributed by atoms with E-state index in [9.17, 15) is 5.11 Å². The Morgan fingerprint density at radius 2 is 1.86 bits per heavy atom. The minimum atomic E-state index is 0.384. The lowest BCUT2D eigenvalue weighted by molar-refractivity contribution is 0.369. The van der Waals surface area contributed by atoms with Crippen molar-refractivity contribution in [2.75, 3.05) is 38.1 Å². The molecule has 0 amide bonds. The van der Waals surface area contributed by atoms with Crippen molar-refractivity contribution in [3.8, 4) is 5.75 Å². The Labute approximate surface area is 166 Å². The fourth-order valence-corrected chi connectivity index (χ4v) is 4.16. The number of guanidine groups is 1. The number of aliphatic imine (C=N–C) groups is 1. The molecule has 1 aliphatic carbocycles. The maximum atomic E-state index is 10.4. The number of rotatable bonds is 3. The number of phenolic OH excluding ortho intramolecular Hbond substituents is 1. The van der Waals surface area contributed by atoms with Gasteiger partial charge in [0, 0.05) is 57.7 Å². The summed E-state index contributed by atoms with van der Waals surface area (Å²) in [6.45, 7) is 4.03. The van der Waals surface area contributed by atoms with Gasteiger partial charge in [-0.2, -0.15) is 0 Å². The quantitative estimate of drug-likeness (QED) is 0.626. The van der Waals surface area contributed by atoms with Gasteiger partial charge < -0.3 is 20.2 Å². The van der Waals surface area contributed by atoms with Crippen LogP contribution in [0.4, 0.5) is 5.95 Å². The highest BCUT2D eigenvalue weighted by molar-refractivity contribution is 5.80. The first-order valence-corrected chi connectivity index (χ1v) is 10.1. The van der Waals surface area contributed by atoms with Gasteiger partial charge in [0.25, 0.3) is 0 Å². The van der Waals surface area contributed by atoms with E-state index in [0.717, 1.165) is 56.5 Å². The number of hydrogen-bond donors (Lipinski definition) is 2. The Balaban J connectivity index is 1.39. The van der Waals surface area contributed by atoms with Crippen molar-refractivity contribution in [3.05, 3.63) is 47.3 Å². The second-order valence-electron chi connectivity index (χ2n) is 7.33. The first kappa shape index (κ1) is 18.5. The summed E-state index contributed by atoms with van der Waals surface area (Å²) in [6, 6.07) is 5.75. The van der Waals surface area contributed by atoms with Crippen LogP contribution in [-0.2, 0) is 19.4 Å². The van der Waals surface area contributed by atoms with Crippen molar-refractivity contribution in [2.45, 2.75) is 32.2 Å². The van der Waals surface area contributed by atoms with E-state index >= 15 is 0 Å². The second-order valence-corrected chi connectivity index (χ2v) is 7.33. The predicted molar refractivity (Wildman–Crippen MR) is 111 cm³/mol. The molecule has 1 aromatic heterocycles. The summed E-state index contributed by atoms with van der Waals surface area (Å²) in [4.78, 5) is 17.6. The van der Waals surface area contributed by atoms with E-state index in [2.05, 4.69) is 36.1 Å². The summed E-state index contributed by atoms with van der Waals surface area (Å²) in [7, 11) is 1.81. The lowest BCUT2D eigenvalue weighted by atomic mass is 9.88. The molecular formula is C21H28N6O. The van der Waals surface area contributed by atoms with Crippen LogP contribution >= 0.6 is 0 Å². The summed E-state index contributed by atoms with van der Waals surface area (Å²) in [5, 5.41) is 13.9. The molecule has 0 atom stereocenters. The number of anilines is 1. The Hall–Kier alpha value is -2.83. The van der Waals surface area contributed by atoms with Gasteiger partial charge >= 0.3 is 0 Å². The third kappa shape index (κ3) is 3.88. The average molecular weight is 380 g/mol. The topological polar surface area (TPSA) is 76.9 Å². The molecule has 1 aliphatic heterocycles. The van der Waals surface area contributed by atoms with Gasteiger partial charge in [0.15, 0.2) is 5.96 Å². The number of nitrogens with one attached hydrogen (secondary N) is 1. The Morgan fingerprint density at radius 3 is 2.61 bits per heavy atom. The molecule has 0 radical (unpaired) electrons. The van der Waals surface area contributed by atoms with Crippen LogP contribution < -0.4 is 10.2 Å². The normalized spacial score (nSPS) is 17.4. The predicted octanol–water partition coefficient (Wildman–Crippen LogP) is 1.96. The molecule has 2 aromatic rings. The first-order chi connectivity index (χ1) is 13.8. The van der Waals surface area contributed by atoms with Gasteiger partial charge in [-0.25, -0.2) is 9.97 Å². The van der Waals surface area contributed by atoms with Gasteiger partial charge in [-0.15, -0.1) is 0 Å². The van der Waals surface area contributed by atoms with Crippen LogP contribution in [0.3, 0.4) is 0 Å². The van der Waals surface area contributed by atoms with E-state index in [1.807, 2.05) is 19.2 Å². The van der Waals surface area contributed by atoms with Crippen LogP contribution in [0.15, 0.2) is 35.6 Å². The molecular weight excluding hydrogens is 352 g/mol. The molecule has 28 heavy (non-hydrogen) atoms. The highest BCUT2D eigenvalue weighted by atomic mass is 16.3. The van der Waals surface area contributed by atoms with Crippen molar-refractivity contribution in [1.82, 2.24) is 20.2 Å². The third-order valence-electron chi connectivity index (χ3n) is 5.68. The molecule has 0 bridgehead atoms. The molecule has 2 N–H and O–H groups in total. The number of piperazine rings is 1. The first-order valence-electron chi connectivity index (χ1n) is 10.1. The Morgan fingerprint density at radius 1 is 1.11 bits per heavy atom. The SMILES string of the molecule is CN=C(NCc1c(O)ccc2c1CCCC2)N1CCN(c2ncccn2)CC1. The van der Waals surface area contributed by atoms with E-state index < -0.39 is 0 Å². The second kappa shape index (κ2) is 8.46. The monoisotopic (exact) mass is 380 g/mol. The van der Waals surface area contributed by atoms with Gasteiger partial charge in [-0.05, 0) is 48.9 Å². The van der Waals surface area contributed by atoms with Crippen LogP contribution in [0.1, 0.15) is 29.5 Å². The minimum absolute atomic E-state index is 0.384. The van der Waals surface area contributed by atoms with E-state index in [1.165, 1.54) is 24.0 Å². The zero-order chi connectivity index (χ0) is 19.3. The molecule has 1 fully saturated rings.